The SMILES string of the molecule is COc1ccc(NC(N)=NCC2(N(C)C)CCOCC2)cc1.I. The second-order valence-corrected chi connectivity index (χ2v) is 5.79. The van der Waals surface area contributed by atoms with Crippen molar-refractivity contribution in [2.24, 2.45) is 10.7 Å². The van der Waals surface area contributed by atoms with Crippen LogP contribution in [0.5, 0.6) is 5.75 Å². The zero-order valence-corrected chi connectivity index (χ0v) is 16.4. The van der Waals surface area contributed by atoms with Crippen molar-refractivity contribution < 1.29 is 9.47 Å². The first-order valence-corrected chi connectivity index (χ1v) is 7.52. The lowest BCUT2D eigenvalue weighted by Gasteiger charge is -2.41. The number of hydrogen-bond donors (Lipinski definition) is 2. The molecule has 0 spiro atoms. The summed E-state index contributed by atoms with van der Waals surface area (Å²) in [7, 11) is 5.83. The van der Waals surface area contributed by atoms with E-state index in [1.165, 1.54) is 0 Å². The number of likely N-dealkylation sites (N-methyl/N-ethyl adjacent to an activating group) is 1. The molecule has 3 N–H and O–H groups in total. The number of benzene rings is 1. The summed E-state index contributed by atoms with van der Waals surface area (Å²) >= 11 is 0. The van der Waals surface area contributed by atoms with E-state index in [0.717, 1.165) is 37.5 Å². The minimum atomic E-state index is 0. The quantitative estimate of drug-likeness (QED) is 0.422. The van der Waals surface area contributed by atoms with Crippen LogP contribution in [0.15, 0.2) is 29.3 Å². The third-order valence-electron chi connectivity index (χ3n) is 4.28. The molecular weight excluding hydrogens is 407 g/mol. The van der Waals surface area contributed by atoms with E-state index in [1.807, 2.05) is 24.3 Å². The third kappa shape index (κ3) is 5.50. The van der Waals surface area contributed by atoms with E-state index in [2.05, 4.69) is 29.3 Å². The molecule has 0 aliphatic carbocycles. The van der Waals surface area contributed by atoms with Gasteiger partial charge in [0.05, 0.1) is 13.7 Å². The molecule has 0 unspecified atom stereocenters. The molecule has 1 fully saturated rings. The maximum Gasteiger partial charge on any atom is 0.193 e. The third-order valence-corrected chi connectivity index (χ3v) is 4.28. The van der Waals surface area contributed by atoms with Crippen molar-refractivity contribution in [3.63, 3.8) is 0 Å². The molecule has 0 radical (unpaired) electrons. The van der Waals surface area contributed by atoms with Gasteiger partial charge in [-0.25, -0.2) is 0 Å². The number of hydrogen-bond acceptors (Lipinski definition) is 4. The van der Waals surface area contributed by atoms with Crippen LogP contribution in [0, 0.1) is 0 Å². The number of methoxy groups -OCH3 is 1. The summed E-state index contributed by atoms with van der Waals surface area (Å²) in [5.41, 5.74) is 6.94. The van der Waals surface area contributed by atoms with Crippen molar-refractivity contribution in [1.29, 1.82) is 0 Å². The maximum atomic E-state index is 6.01. The second-order valence-electron chi connectivity index (χ2n) is 5.79. The summed E-state index contributed by atoms with van der Waals surface area (Å²) in [5, 5.41) is 3.11. The van der Waals surface area contributed by atoms with Crippen molar-refractivity contribution in [1.82, 2.24) is 4.90 Å². The normalized spacial score (nSPS) is 17.5. The molecule has 0 atom stereocenters. The first-order valence-electron chi connectivity index (χ1n) is 7.52. The average molecular weight is 434 g/mol. The minimum Gasteiger partial charge on any atom is -0.497 e. The number of rotatable bonds is 5. The Morgan fingerprint density at radius 3 is 2.43 bits per heavy atom. The number of aliphatic imine (C=N–C) groups is 1. The Bertz CT molecular complexity index is 499. The van der Waals surface area contributed by atoms with Gasteiger partial charge in [-0.2, -0.15) is 0 Å². The fraction of sp³-hybridized carbons (Fsp3) is 0.562. The molecule has 1 heterocycles. The van der Waals surface area contributed by atoms with Gasteiger partial charge >= 0.3 is 0 Å². The summed E-state index contributed by atoms with van der Waals surface area (Å²) in [6, 6.07) is 7.60. The molecule has 130 valence electrons. The molecule has 1 aliphatic rings. The maximum absolute atomic E-state index is 6.01. The van der Waals surface area contributed by atoms with E-state index in [-0.39, 0.29) is 29.5 Å². The van der Waals surface area contributed by atoms with Gasteiger partial charge in [0.15, 0.2) is 5.96 Å². The van der Waals surface area contributed by atoms with Crippen molar-refractivity contribution in [3.8, 4) is 5.75 Å². The van der Waals surface area contributed by atoms with E-state index < -0.39 is 0 Å². The smallest absolute Gasteiger partial charge is 0.193 e. The van der Waals surface area contributed by atoms with Gasteiger partial charge in [0.1, 0.15) is 5.75 Å². The Hall–Kier alpha value is -1.06. The van der Waals surface area contributed by atoms with Gasteiger partial charge in [0, 0.05) is 24.4 Å². The van der Waals surface area contributed by atoms with Crippen molar-refractivity contribution in [2.45, 2.75) is 18.4 Å². The summed E-state index contributed by atoms with van der Waals surface area (Å²) in [6.07, 6.45) is 1.94. The summed E-state index contributed by atoms with van der Waals surface area (Å²) in [4.78, 5) is 6.77. The lowest BCUT2D eigenvalue weighted by atomic mass is 9.89. The predicted octanol–water partition coefficient (Wildman–Crippen LogP) is 2.15. The van der Waals surface area contributed by atoms with Crippen LogP contribution in [-0.4, -0.2) is 57.4 Å². The molecule has 1 aliphatic heterocycles. The average Bonchev–Trinajstić information content (AvgIpc) is 2.54. The van der Waals surface area contributed by atoms with Gasteiger partial charge < -0.3 is 25.4 Å². The molecule has 7 heteroatoms. The van der Waals surface area contributed by atoms with Gasteiger partial charge in [0.25, 0.3) is 0 Å². The standard InChI is InChI=1S/C16H26N4O2.HI/c1-20(2)16(8-10-22-11-9-16)12-18-15(17)19-13-4-6-14(21-3)7-5-13;/h4-7H,8-12H2,1-3H3,(H3,17,18,19);1H. The summed E-state index contributed by atoms with van der Waals surface area (Å²) in [5.74, 6) is 1.24. The van der Waals surface area contributed by atoms with Crippen molar-refractivity contribution in [2.75, 3.05) is 46.3 Å². The molecule has 0 amide bonds. The fourth-order valence-electron chi connectivity index (χ4n) is 2.59. The topological polar surface area (TPSA) is 72.1 Å². The van der Waals surface area contributed by atoms with Crippen LogP contribution in [0.4, 0.5) is 5.69 Å². The Kier molecular flexibility index (Phi) is 8.07. The number of guanidine groups is 1. The molecule has 1 saturated heterocycles. The number of ether oxygens (including phenoxy) is 2. The molecule has 1 aromatic carbocycles. The van der Waals surface area contributed by atoms with Crippen LogP contribution in [0.3, 0.4) is 0 Å². The van der Waals surface area contributed by atoms with Gasteiger partial charge in [-0.15, -0.1) is 24.0 Å². The number of nitrogens with two attached hydrogens (primary N) is 1. The van der Waals surface area contributed by atoms with E-state index in [9.17, 15) is 0 Å². The first kappa shape index (κ1) is 20.0. The van der Waals surface area contributed by atoms with Gasteiger partial charge in [-0.1, -0.05) is 0 Å². The molecule has 6 nitrogen and oxygen atoms in total. The number of nitrogens with zero attached hydrogens (tertiary/aromatic N) is 2. The molecule has 1 aromatic rings. The zero-order chi connectivity index (χ0) is 16.0. The molecule has 0 bridgehead atoms. The van der Waals surface area contributed by atoms with Crippen molar-refractivity contribution >= 4 is 35.6 Å². The Morgan fingerprint density at radius 2 is 1.91 bits per heavy atom. The van der Waals surface area contributed by atoms with Crippen LogP contribution in [0.2, 0.25) is 0 Å². The van der Waals surface area contributed by atoms with Gasteiger partial charge in [-0.3, -0.25) is 4.99 Å². The van der Waals surface area contributed by atoms with E-state index in [0.29, 0.717) is 12.5 Å². The number of anilines is 1. The van der Waals surface area contributed by atoms with E-state index in [1.54, 1.807) is 7.11 Å². The van der Waals surface area contributed by atoms with Crippen molar-refractivity contribution in [3.05, 3.63) is 24.3 Å². The van der Waals surface area contributed by atoms with Crippen LogP contribution in [0.1, 0.15) is 12.8 Å². The van der Waals surface area contributed by atoms with Crippen LogP contribution in [0.25, 0.3) is 0 Å². The van der Waals surface area contributed by atoms with Gasteiger partial charge in [-0.05, 0) is 51.2 Å². The van der Waals surface area contributed by atoms with Crippen LogP contribution >= 0.6 is 24.0 Å². The molecule has 23 heavy (non-hydrogen) atoms. The highest BCUT2D eigenvalue weighted by atomic mass is 127. The largest absolute Gasteiger partial charge is 0.497 e. The molecule has 0 saturated carbocycles. The van der Waals surface area contributed by atoms with E-state index in [4.69, 9.17) is 15.2 Å². The Labute approximate surface area is 155 Å². The van der Waals surface area contributed by atoms with Crippen LogP contribution in [-0.2, 0) is 4.74 Å². The lowest BCUT2D eigenvalue weighted by molar-refractivity contribution is -0.00249. The Balaban J connectivity index is 0.00000264. The fourth-order valence-corrected chi connectivity index (χ4v) is 2.59. The first-order chi connectivity index (χ1) is 10.6. The Morgan fingerprint density at radius 1 is 1.30 bits per heavy atom. The molecule has 2 rings (SSSR count). The highest BCUT2D eigenvalue weighted by Gasteiger charge is 2.34. The summed E-state index contributed by atoms with van der Waals surface area (Å²) in [6.45, 7) is 2.22. The molecular formula is C16H27IN4O2. The predicted molar refractivity (Wildman–Crippen MR) is 105 cm³/mol. The highest BCUT2D eigenvalue weighted by molar-refractivity contribution is 14.0. The second kappa shape index (κ2) is 9.29. The zero-order valence-electron chi connectivity index (χ0n) is 14.0. The minimum absolute atomic E-state index is 0. The van der Waals surface area contributed by atoms with Gasteiger partial charge in [0.2, 0.25) is 0 Å². The number of nitrogens with one attached hydrogen (secondary N) is 1. The summed E-state index contributed by atoms with van der Waals surface area (Å²) < 4.78 is 10.6. The molecule has 0 aromatic heterocycles. The highest BCUT2D eigenvalue weighted by Crippen LogP contribution is 2.26. The monoisotopic (exact) mass is 434 g/mol. The number of halogens is 1. The van der Waals surface area contributed by atoms with E-state index >= 15 is 0 Å². The van der Waals surface area contributed by atoms with Crippen LogP contribution < -0.4 is 15.8 Å². The lowest BCUT2D eigenvalue weighted by Crippen LogP contribution is -2.51.